The first-order valence-corrected chi connectivity index (χ1v) is 15.1. The maximum atomic E-state index is 4.02. The summed E-state index contributed by atoms with van der Waals surface area (Å²) < 4.78 is 0. The molecule has 2 aliphatic rings. The van der Waals surface area contributed by atoms with Crippen molar-refractivity contribution < 1.29 is 0 Å². The third-order valence-electron chi connectivity index (χ3n) is 7.77. The standard InChI is InChI=1S/C38H35NS/c1-3-4-22-35(38-28(2)33-23-9-6-10-26-37(33)40-38)30-18-15-21-32(27-30)39(31-19-7-5-8-20-31)36-25-14-12-17-29-16-11-13-24-34(29)36/h3,5-11,13,15-16,18-25,27H,1,4,12,14,17,26H2,2H3/b35-22-. The van der Waals surface area contributed by atoms with Crippen molar-refractivity contribution in [2.75, 3.05) is 4.90 Å². The van der Waals surface area contributed by atoms with E-state index >= 15 is 0 Å². The molecule has 0 spiro atoms. The lowest BCUT2D eigenvalue weighted by Crippen LogP contribution is -2.16. The minimum atomic E-state index is 0.832. The summed E-state index contributed by atoms with van der Waals surface area (Å²) in [5.74, 6) is 0. The Hall–Kier alpha value is -4.14. The van der Waals surface area contributed by atoms with Gasteiger partial charge in [0.05, 0.1) is 0 Å². The van der Waals surface area contributed by atoms with Gasteiger partial charge in [0.2, 0.25) is 0 Å². The molecule has 0 aliphatic heterocycles. The Balaban J connectivity index is 1.50. The van der Waals surface area contributed by atoms with Gasteiger partial charge in [0, 0.05) is 38.8 Å². The lowest BCUT2D eigenvalue weighted by Gasteiger charge is -2.29. The fourth-order valence-electron chi connectivity index (χ4n) is 5.82. The lowest BCUT2D eigenvalue weighted by molar-refractivity contribution is 0.851. The highest BCUT2D eigenvalue weighted by molar-refractivity contribution is 7.13. The van der Waals surface area contributed by atoms with E-state index in [1.807, 2.05) is 17.4 Å². The van der Waals surface area contributed by atoms with E-state index in [1.54, 1.807) is 0 Å². The predicted molar refractivity (Wildman–Crippen MR) is 175 cm³/mol. The molecule has 1 nitrogen and oxygen atoms in total. The molecule has 6 rings (SSSR count). The van der Waals surface area contributed by atoms with Crippen LogP contribution in [-0.2, 0) is 12.8 Å². The molecule has 0 saturated carbocycles. The van der Waals surface area contributed by atoms with Crippen LogP contribution in [0.3, 0.4) is 0 Å². The van der Waals surface area contributed by atoms with Crippen molar-refractivity contribution in [2.24, 2.45) is 0 Å². The normalized spacial score (nSPS) is 14.5. The van der Waals surface area contributed by atoms with Gasteiger partial charge < -0.3 is 4.90 Å². The van der Waals surface area contributed by atoms with Crippen molar-refractivity contribution in [3.8, 4) is 0 Å². The molecule has 0 unspecified atom stereocenters. The van der Waals surface area contributed by atoms with Crippen LogP contribution in [0, 0.1) is 6.92 Å². The monoisotopic (exact) mass is 537 g/mol. The number of hydrogen-bond acceptors (Lipinski definition) is 2. The van der Waals surface area contributed by atoms with Gasteiger partial charge in [-0.3, -0.25) is 0 Å². The quantitative estimate of drug-likeness (QED) is 0.212. The zero-order valence-electron chi connectivity index (χ0n) is 23.1. The fraction of sp³-hybridized carbons (Fsp3) is 0.158. The number of nitrogens with zero attached hydrogens (tertiary/aromatic N) is 1. The van der Waals surface area contributed by atoms with Gasteiger partial charge >= 0.3 is 0 Å². The van der Waals surface area contributed by atoms with Gasteiger partial charge in [-0.2, -0.15) is 0 Å². The maximum Gasteiger partial charge on any atom is 0.0496 e. The van der Waals surface area contributed by atoms with Crippen molar-refractivity contribution in [3.05, 3.63) is 159 Å². The molecule has 0 bridgehead atoms. The molecule has 1 aromatic heterocycles. The first kappa shape index (κ1) is 26.1. The second kappa shape index (κ2) is 11.9. The minimum Gasteiger partial charge on any atom is -0.310 e. The Morgan fingerprint density at radius 3 is 2.65 bits per heavy atom. The Morgan fingerprint density at radius 1 is 0.950 bits per heavy atom. The summed E-state index contributed by atoms with van der Waals surface area (Å²) in [5.41, 5.74) is 11.6. The number of hydrogen-bond donors (Lipinski definition) is 0. The highest BCUT2D eigenvalue weighted by Crippen LogP contribution is 2.42. The average molecular weight is 538 g/mol. The van der Waals surface area contributed by atoms with Crippen LogP contribution in [0.1, 0.15) is 56.8 Å². The first-order chi connectivity index (χ1) is 19.7. The molecule has 40 heavy (non-hydrogen) atoms. The van der Waals surface area contributed by atoms with Gasteiger partial charge in [0.15, 0.2) is 0 Å². The van der Waals surface area contributed by atoms with Crippen LogP contribution < -0.4 is 4.90 Å². The number of para-hydroxylation sites is 1. The van der Waals surface area contributed by atoms with Gasteiger partial charge in [-0.15, -0.1) is 17.9 Å². The van der Waals surface area contributed by atoms with E-state index in [0.29, 0.717) is 0 Å². The van der Waals surface area contributed by atoms with E-state index in [-0.39, 0.29) is 0 Å². The van der Waals surface area contributed by atoms with Crippen molar-refractivity contribution >= 4 is 40.1 Å². The summed E-state index contributed by atoms with van der Waals surface area (Å²) in [7, 11) is 0. The molecule has 2 heteroatoms. The average Bonchev–Trinajstić information content (AvgIpc) is 3.18. The van der Waals surface area contributed by atoms with Crippen molar-refractivity contribution in [1.29, 1.82) is 0 Å². The molecule has 1 heterocycles. The largest absolute Gasteiger partial charge is 0.310 e. The second-order valence-electron chi connectivity index (χ2n) is 10.4. The number of benzene rings is 3. The molecule has 2 aliphatic carbocycles. The van der Waals surface area contributed by atoms with Gasteiger partial charge in [-0.05, 0) is 84.7 Å². The predicted octanol–water partition coefficient (Wildman–Crippen LogP) is 10.7. The van der Waals surface area contributed by atoms with Crippen LogP contribution in [-0.4, -0.2) is 0 Å². The Bertz CT molecular complexity index is 1640. The third-order valence-corrected chi connectivity index (χ3v) is 9.13. The zero-order valence-corrected chi connectivity index (χ0v) is 24.0. The van der Waals surface area contributed by atoms with Gasteiger partial charge in [0.25, 0.3) is 0 Å². The van der Waals surface area contributed by atoms with Crippen molar-refractivity contribution in [2.45, 2.75) is 39.0 Å². The van der Waals surface area contributed by atoms with E-state index in [1.165, 1.54) is 66.6 Å². The summed E-state index contributed by atoms with van der Waals surface area (Å²) in [4.78, 5) is 5.24. The number of allylic oxidation sites excluding steroid dienone is 6. The molecule has 4 aromatic rings. The Morgan fingerprint density at radius 2 is 1.77 bits per heavy atom. The van der Waals surface area contributed by atoms with E-state index in [9.17, 15) is 0 Å². The summed E-state index contributed by atoms with van der Waals surface area (Å²) in [6.45, 7) is 6.29. The highest BCUT2D eigenvalue weighted by atomic mass is 32.1. The summed E-state index contributed by atoms with van der Waals surface area (Å²) in [5, 5.41) is 0. The van der Waals surface area contributed by atoms with Gasteiger partial charge in [-0.1, -0.05) is 97.1 Å². The van der Waals surface area contributed by atoms with Crippen LogP contribution in [0.2, 0.25) is 0 Å². The molecule has 0 amide bonds. The summed E-state index contributed by atoms with van der Waals surface area (Å²) >= 11 is 1.93. The SMILES string of the molecule is C=CC/C=C(/c1cccc(N(C2=CCCCc3ccccc32)c2ccccc2)c1)c1sc2c(c1C)C=CC=CC2. The Kier molecular flexibility index (Phi) is 7.79. The minimum absolute atomic E-state index is 0.832. The molecule has 0 saturated heterocycles. The molecule has 3 aromatic carbocycles. The zero-order chi connectivity index (χ0) is 27.3. The first-order valence-electron chi connectivity index (χ1n) is 14.3. The smallest absolute Gasteiger partial charge is 0.0496 e. The molecular weight excluding hydrogens is 502 g/mol. The van der Waals surface area contributed by atoms with Crippen molar-refractivity contribution in [1.82, 2.24) is 0 Å². The molecule has 0 atom stereocenters. The third kappa shape index (κ3) is 5.20. The van der Waals surface area contributed by atoms with Crippen LogP contribution in [0.5, 0.6) is 0 Å². The molecule has 0 N–H and O–H groups in total. The van der Waals surface area contributed by atoms with Gasteiger partial charge in [0.1, 0.15) is 0 Å². The van der Waals surface area contributed by atoms with E-state index in [2.05, 4.69) is 134 Å². The topological polar surface area (TPSA) is 3.24 Å². The highest BCUT2D eigenvalue weighted by Gasteiger charge is 2.22. The fourth-order valence-corrected chi connectivity index (χ4v) is 7.15. The number of aryl methyl sites for hydroxylation is 1. The van der Waals surface area contributed by atoms with Gasteiger partial charge in [-0.25, -0.2) is 0 Å². The van der Waals surface area contributed by atoms with Crippen LogP contribution in [0.25, 0.3) is 17.3 Å². The number of anilines is 2. The van der Waals surface area contributed by atoms with E-state index < -0.39 is 0 Å². The molecule has 0 fully saturated rings. The summed E-state index contributed by atoms with van der Waals surface area (Å²) in [6.07, 6.45) is 20.8. The molecule has 0 radical (unpaired) electrons. The van der Waals surface area contributed by atoms with Crippen LogP contribution in [0.4, 0.5) is 11.4 Å². The molecule has 198 valence electrons. The van der Waals surface area contributed by atoms with Crippen LogP contribution >= 0.6 is 11.3 Å². The van der Waals surface area contributed by atoms with Crippen molar-refractivity contribution in [3.63, 3.8) is 0 Å². The number of fused-ring (bicyclic) bond motifs is 2. The van der Waals surface area contributed by atoms with E-state index in [0.717, 1.165) is 25.7 Å². The molecular formula is C38H35NS. The number of thiophene rings is 1. The number of rotatable bonds is 7. The lowest BCUT2D eigenvalue weighted by atomic mass is 9.97. The van der Waals surface area contributed by atoms with E-state index in [4.69, 9.17) is 0 Å². The summed E-state index contributed by atoms with van der Waals surface area (Å²) in [6, 6.07) is 28.8. The van der Waals surface area contributed by atoms with Crippen LogP contribution in [0.15, 0.2) is 122 Å². The maximum absolute atomic E-state index is 4.02. The second-order valence-corrected chi connectivity index (χ2v) is 11.5. The Labute approximate surface area is 242 Å².